The molecule has 1 aromatic rings. The van der Waals surface area contributed by atoms with Crippen molar-refractivity contribution in [2.24, 2.45) is 5.41 Å². The summed E-state index contributed by atoms with van der Waals surface area (Å²) >= 11 is 11.7. The fourth-order valence-corrected chi connectivity index (χ4v) is 2.91. The monoisotopic (exact) mass is 303 g/mol. The third kappa shape index (κ3) is 4.61. The lowest BCUT2D eigenvalue weighted by Crippen LogP contribution is -2.09. The van der Waals surface area contributed by atoms with E-state index in [1.807, 2.05) is 13.8 Å². The molecule has 1 unspecified atom stereocenters. The molecule has 2 nitrogen and oxygen atoms in total. The van der Waals surface area contributed by atoms with Crippen LogP contribution in [0.5, 0.6) is 0 Å². The zero-order valence-corrected chi connectivity index (χ0v) is 12.7. The van der Waals surface area contributed by atoms with Crippen LogP contribution >= 0.6 is 23.2 Å². The van der Waals surface area contributed by atoms with Crippen LogP contribution in [0.2, 0.25) is 10.0 Å². The number of nitrogens with zero attached hydrogens (tertiary/aromatic N) is 1. The highest BCUT2D eigenvalue weighted by molar-refractivity contribution is 7.85. The van der Waals surface area contributed by atoms with Crippen LogP contribution in [-0.4, -0.2) is 9.96 Å². The molecule has 0 fully saturated rings. The molecule has 0 N–H and O–H groups in total. The molecule has 1 rings (SSSR count). The molecule has 0 heterocycles. The van der Waals surface area contributed by atoms with Crippen molar-refractivity contribution in [3.63, 3.8) is 0 Å². The Balaban J connectivity index is 2.56. The van der Waals surface area contributed by atoms with Crippen LogP contribution in [0.3, 0.4) is 0 Å². The van der Waals surface area contributed by atoms with E-state index in [4.69, 9.17) is 28.5 Å². The maximum absolute atomic E-state index is 12.0. The average Bonchev–Trinajstić information content (AvgIpc) is 2.32. The summed E-state index contributed by atoms with van der Waals surface area (Å²) in [7, 11) is -1.09. The van der Waals surface area contributed by atoms with Crippen molar-refractivity contribution in [1.29, 1.82) is 5.26 Å². The van der Waals surface area contributed by atoms with E-state index < -0.39 is 10.8 Å². The van der Waals surface area contributed by atoms with Gasteiger partial charge in [0.25, 0.3) is 0 Å². The standard InChI is InChI=1S/C13H15Cl2NOS/c1-13(2,9-16)6-3-7-18(17)10-4-5-11(14)12(15)8-10/h4-5,8H,3,6-7H2,1-2H3. The molecule has 1 aromatic carbocycles. The lowest BCUT2D eigenvalue weighted by molar-refractivity contribution is 0.447. The second-order valence-corrected chi connectivity index (χ2v) is 7.11. The quantitative estimate of drug-likeness (QED) is 0.807. The summed E-state index contributed by atoms with van der Waals surface area (Å²) in [6.45, 7) is 3.77. The number of hydrogen-bond acceptors (Lipinski definition) is 2. The predicted octanol–water partition coefficient (Wildman–Crippen LogP) is 4.43. The van der Waals surface area contributed by atoms with E-state index in [1.165, 1.54) is 0 Å². The number of rotatable bonds is 5. The van der Waals surface area contributed by atoms with Crippen LogP contribution < -0.4 is 0 Å². The summed E-state index contributed by atoms with van der Waals surface area (Å²) < 4.78 is 12.0. The van der Waals surface area contributed by atoms with Crippen molar-refractivity contribution in [1.82, 2.24) is 0 Å². The Labute approximate surface area is 120 Å². The topological polar surface area (TPSA) is 40.9 Å². The minimum absolute atomic E-state index is 0.359. The van der Waals surface area contributed by atoms with Crippen molar-refractivity contribution in [3.8, 4) is 6.07 Å². The molecule has 18 heavy (non-hydrogen) atoms. The molecule has 0 saturated heterocycles. The summed E-state index contributed by atoms with van der Waals surface area (Å²) in [4.78, 5) is 0.680. The first-order chi connectivity index (χ1) is 8.35. The fraction of sp³-hybridized carbons (Fsp3) is 0.462. The Kier molecular flexibility index (Phi) is 5.65. The van der Waals surface area contributed by atoms with Crippen LogP contribution in [0.4, 0.5) is 0 Å². The zero-order valence-electron chi connectivity index (χ0n) is 10.4. The maximum Gasteiger partial charge on any atom is 0.0683 e. The van der Waals surface area contributed by atoms with Gasteiger partial charge in [0.05, 0.1) is 32.3 Å². The first kappa shape index (κ1) is 15.5. The molecule has 1 atom stereocenters. The van der Waals surface area contributed by atoms with Gasteiger partial charge in [0, 0.05) is 10.6 Å². The Morgan fingerprint density at radius 1 is 1.33 bits per heavy atom. The van der Waals surface area contributed by atoms with Gasteiger partial charge in [-0.25, -0.2) is 0 Å². The zero-order chi connectivity index (χ0) is 13.8. The Bertz CT molecular complexity index is 494. The molecule has 0 aliphatic heterocycles. The molecule has 98 valence electrons. The van der Waals surface area contributed by atoms with Gasteiger partial charge in [-0.3, -0.25) is 4.21 Å². The SMILES string of the molecule is CC(C)(C#N)CCCS(=O)c1ccc(Cl)c(Cl)c1. The first-order valence-electron chi connectivity index (χ1n) is 5.60. The van der Waals surface area contributed by atoms with Crippen LogP contribution in [0.15, 0.2) is 23.1 Å². The third-order valence-electron chi connectivity index (χ3n) is 2.59. The smallest absolute Gasteiger partial charge is 0.0683 e. The highest BCUT2D eigenvalue weighted by Crippen LogP contribution is 2.25. The predicted molar refractivity (Wildman–Crippen MR) is 76.4 cm³/mol. The lowest BCUT2D eigenvalue weighted by atomic mass is 9.90. The van der Waals surface area contributed by atoms with E-state index in [2.05, 4.69) is 6.07 Å². The fourth-order valence-electron chi connectivity index (χ4n) is 1.44. The summed E-state index contributed by atoms with van der Waals surface area (Å²) in [5.41, 5.74) is -0.359. The van der Waals surface area contributed by atoms with Gasteiger partial charge in [-0.2, -0.15) is 5.26 Å². The van der Waals surface area contributed by atoms with Crippen molar-refractivity contribution < 1.29 is 4.21 Å². The Morgan fingerprint density at radius 2 is 2.00 bits per heavy atom. The summed E-state index contributed by atoms with van der Waals surface area (Å²) in [5.74, 6) is 0.531. The molecule has 0 aromatic heterocycles. The summed E-state index contributed by atoms with van der Waals surface area (Å²) in [6, 6.07) is 7.24. The van der Waals surface area contributed by atoms with Crippen LogP contribution in [0.1, 0.15) is 26.7 Å². The third-order valence-corrected chi connectivity index (χ3v) is 4.77. The Hall–Kier alpha value is -0.560. The van der Waals surface area contributed by atoms with E-state index in [-0.39, 0.29) is 5.41 Å². The number of nitriles is 1. The van der Waals surface area contributed by atoms with E-state index in [1.54, 1.807) is 18.2 Å². The number of halogens is 2. The minimum atomic E-state index is -1.09. The largest absolute Gasteiger partial charge is 0.254 e. The molecule has 0 spiro atoms. The van der Waals surface area contributed by atoms with E-state index >= 15 is 0 Å². The molecule has 0 aliphatic rings. The number of benzene rings is 1. The van der Waals surface area contributed by atoms with Gasteiger partial charge in [0.1, 0.15) is 0 Å². The van der Waals surface area contributed by atoms with Gasteiger partial charge in [-0.05, 0) is 44.9 Å². The molecule has 5 heteroatoms. The maximum atomic E-state index is 12.0. The second-order valence-electron chi connectivity index (χ2n) is 4.72. The highest BCUT2D eigenvalue weighted by Gasteiger charge is 2.16. The average molecular weight is 304 g/mol. The molecule has 0 radical (unpaired) electrons. The summed E-state index contributed by atoms with van der Waals surface area (Å²) in [6.07, 6.45) is 1.48. The van der Waals surface area contributed by atoms with E-state index in [0.29, 0.717) is 20.7 Å². The summed E-state index contributed by atoms with van der Waals surface area (Å²) in [5, 5.41) is 9.76. The van der Waals surface area contributed by atoms with Crippen molar-refractivity contribution >= 4 is 34.0 Å². The van der Waals surface area contributed by atoms with Crippen LogP contribution in [0, 0.1) is 16.7 Å². The first-order valence-corrected chi connectivity index (χ1v) is 7.68. The molecule has 0 saturated carbocycles. The van der Waals surface area contributed by atoms with Crippen molar-refractivity contribution in [2.45, 2.75) is 31.6 Å². The molecule has 0 bridgehead atoms. The van der Waals surface area contributed by atoms with Gasteiger partial charge in [0.2, 0.25) is 0 Å². The number of hydrogen-bond donors (Lipinski definition) is 0. The van der Waals surface area contributed by atoms with Crippen LogP contribution in [0.25, 0.3) is 0 Å². The van der Waals surface area contributed by atoms with Gasteiger partial charge < -0.3 is 0 Å². The van der Waals surface area contributed by atoms with Crippen LogP contribution in [-0.2, 0) is 10.8 Å². The minimum Gasteiger partial charge on any atom is -0.254 e. The second kappa shape index (κ2) is 6.56. The lowest BCUT2D eigenvalue weighted by Gasteiger charge is -2.14. The Morgan fingerprint density at radius 3 is 2.56 bits per heavy atom. The van der Waals surface area contributed by atoms with Crippen molar-refractivity contribution in [3.05, 3.63) is 28.2 Å². The van der Waals surface area contributed by atoms with Gasteiger partial charge in [-0.1, -0.05) is 23.2 Å². The normalized spacial score (nSPS) is 13.1. The molecule has 0 aliphatic carbocycles. The van der Waals surface area contributed by atoms with E-state index in [9.17, 15) is 4.21 Å². The van der Waals surface area contributed by atoms with Gasteiger partial charge in [-0.15, -0.1) is 0 Å². The van der Waals surface area contributed by atoms with Crippen molar-refractivity contribution in [2.75, 3.05) is 5.75 Å². The molecular formula is C13H15Cl2NOS. The molecular weight excluding hydrogens is 289 g/mol. The highest BCUT2D eigenvalue weighted by atomic mass is 35.5. The molecule has 0 amide bonds. The van der Waals surface area contributed by atoms with Gasteiger partial charge in [0.15, 0.2) is 0 Å². The van der Waals surface area contributed by atoms with Gasteiger partial charge >= 0.3 is 0 Å². The van der Waals surface area contributed by atoms with E-state index in [0.717, 1.165) is 12.8 Å².